The average Bonchev–Trinajstić information content (AvgIpc) is 3.00. The zero-order valence-corrected chi connectivity index (χ0v) is 15.9. The lowest BCUT2D eigenvalue weighted by molar-refractivity contribution is -0.0167. The second-order valence-electron chi connectivity index (χ2n) is 8.91. The molecule has 5 heteroatoms. The van der Waals surface area contributed by atoms with Gasteiger partial charge in [-0.2, -0.15) is 5.10 Å². The summed E-state index contributed by atoms with van der Waals surface area (Å²) in [4.78, 5) is 13.1. The predicted octanol–water partition coefficient (Wildman–Crippen LogP) is 3.70. The Hall–Kier alpha value is -2.30. The first-order valence-electron chi connectivity index (χ1n) is 10.1. The van der Waals surface area contributed by atoms with Gasteiger partial charge in [-0.25, -0.2) is 4.68 Å². The molecule has 4 fully saturated rings. The molecular formula is C22H27N3O2. The fraction of sp³-hybridized carbons (Fsp3) is 0.545. The van der Waals surface area contributed by atoms with Gasteiger partial charge in [0.2, 0.25) is 5.88 Å². The number of hydrogen-bond donors (Lipinski definition) is 1. The summed E-state index contributed by atoms with van der Waals surface area (Å²) in [5, 5.41) is 7.70. The number of aromatic nitrogens is 2. The molecule has 4 bridgehead atoms. The molecule has 4 aliphatic carbocycles. The highest BCUT2D eigenvalue weighted by Crippen LogP contribution is 2.55. The van der Waals surface area contributed by atoms with Gasteiger partial charge in [-0.1, -0.05) is 30.3 Å². The van der Waals surface area contributed by atoms with Gasteiger partial charge in [0.1, 0.15) is 12.2 Å². The molecule has 0 atom stereocenters. The van der Waals surface area contributed by atoms with E-state index in [0.717, 1.165) is 42.6 Å². The number of carbonyl (C=O) groups is 1. The highest BCUT2D eigenvalue weighted by molar-refractivity contribution is 5.96. The third kappa shape index (κ3) is 3.13. The molecule has 1 heterocycles. The van der Waals surface area contributed by atoms with E-state index in [9.17, 15) is 4.79 Å². The smallest absolute Gasteiger partial charge is 0.258 e. The molecule has 0 radical (unpaired) electrons. The molecule has 1 amide bonds. The van der Waals surface area contributed by atoms with Crippen LogP contribution in [0, 0.1) is 17.8 Å². The van der Waals surface area contributed by atoms with E-state index >= 15 is 0 Å². The lowest BCUT2D eigenvalue weighted by Gasteiger charge is -2.56. The van der Waals surface area contributed by atoms with Crippen LogP contribution >= 0.6 is 0 Å². The summed E-state index contributed by atoms with van der Waals surface area (Å²) in [5.74, 6) is 2.92. The van der Waals surface area contributed by atoms with Crippen LogP contribution in [0.2, 0.25) is 0 Å². The Morgan fingerprint density at radius 2 is 1.78 bits per heavy atom. The summed E-state index contributed by atoms with van der Waals surface area (Å²) in [6, 6.07) is 10.0. The van der Waals surface area contributed by atoms with E-state index in [2.05, 4.69) is 10.4 Å². The molecule has 6 rings (SSSR count). The molecule has 1 aromatic heterocycles. The molecule has 2 aromatic rings. The van der Waals surface area contributed by atoms with Gasteiger partial charge >= 0.3 is 0 Å². The molecule has 1 aromatic carbocycles. The Balaban J connectivity index is 1.32. The van der Waals surface area contributed by atoms with Crippen molar-refractivity contribution >= 4 is 5.91 Å². The zero-order chi connectivity index (χ0) is 18.4. The van der Waals surface area contributed by atoms with Gasteiger partial charge in [0.25, 0.3) is 5.91 Å². The van der Waals surface area contributed by atoms with Crippen LogP contribution in [0.3, 0.4) is 0 Å². The van der Waals surface area contributed by atoms with Crippen molar-refractivity contribution in [3.63, 3.8) is 0 Å². The second kappa shape index (κ2) is 6.39. The van der Waals surface area contributed by atoms with Crippen molar-refractivity contribution in [1.82, 2.24) is 15.1 Å². The van der Waals surface area contributed by atoms with E-state index in [0.29, 0.717) is 18.1 Å². The number of rotatable bonds is 5. The molecule has 0 saturated heterocycles. The normalized spacial score (nSPS) is 31.1. The van der Waals surface area contributed by atoms with Crippen LogP contribution in [0.15, 0.2) is 36.5 Å². The number of amides is 1. The predicted molar refractivity (Wildman–Crippen MR) is 102 cm³/mol. The Bertz CT molecular complexity index is 807. The average molecular weight is 365 g/mol. The van der Waals surface area contributed by atoms with Crippen LogP contribution in [0.1, 0.15) is 54.4 Å². The van der Waals surface area contributed by atoms with Crippen LogP contribution in [0.5, 0.6) is 5.88 Å². The molecule has 0 aliphatic heterocycles. The van der Waals surface area contributed by atoms with E-state index in [-0.39, 0.29) is 11.4 Å². The van der Waals surface area contributed by atoms with Crippen molar-refractivity contribution in [2.24, 2.45) is 24.8 Å². The van der Waals surface area contributed by atoms with Crippen LogP contribution in [0.4, 0.5) is 0 Å². The summed E-state index contributed by atoms with van der Waals surface area (Å²) >= 11 is 0. The minimum atomic E-state index is -0.0342. The maximum absolute atomic E-state index is 13.1. The van der Waals surface area contributed by atoms with E-state index in [1.54, 1.807) is 10.9 Å². The Kier molecular flexibility index (Phi) is 3.99. The van der Waals surface area contributed by atoms with Gasteiger partial charge in [0.05, 0.1) is 6.20 Å². The first kappa shape index (κ1) is 16.8. The minimum Gasteiger partial charge on any atom is -0.472 e. The summed E-state index contributed by atoms with van der Waals surface area (Å²) in [6.45, 7) is 0.429. The van der Waals surface area contributed by atoms with Gasteiger partial charge in [0.15, 0.2) is 0 Å². The molecular weight excluding hydrogens is 338 g/mol. The van der Waals surface area contributed by atoms with Gasteiger partial charge in [0, 0.05) is 12.6 Å². The number of benzene rings is 1. The molecule has 5 nitrogen and oxygen atoms in total. The van der Waals surface area contributed by atoms with E-state index in [4.69, 9.17) is 4.74 Å². The maximum atomic E-state index is 13.1. The van der Waals surface area contributed by atoms with E-state index in [1.807, 2.05) is 37.4 Å². The Labute approximate surface area is 160 Å². The van der Waals surface area contributed by atoms with Crippen LogP contribution in [-0.2, 0) is 13.7 Å². The zero-order valence-electron chi connectivity index (χ0n) is 15.9. The number of aryl methyl sites for hydroxylation is 1. The van der Waals surface area contributed by atoms with Crippen molar-refractivity contribution in [3.05, 3.63) is 47.7 Å². The van der Waals surface area contributed by atoms with Crippen LogP contribution < -0.4 is 10.1 Å². The first-order valence-corrected chi connectivity index (χ1v) is 10.1. The molecule has 4 aliphatic rings. The summed E-state index contributed by atoms with van der Waals surface area (Å²) in [6.07, 6.45) is 9.17. The molecule has 0 unspecified atom stereocenters. The van der Waals surface area contributed by atoms with Crippen LogP contribution in [-0.4, -0.2) is 21.2 Å². The SMILES string of the molecule is Cn1ncc(C(=O)NC23CC4CC(CC(C4)C2)C3)c1OCc1ccccc1. The lowest BCUT2D eigenvalue weighted by Crippen LogP contribution is -2.59. The monoisotopic (exact) mass is 365 g/mol. The summed E-state index contributed by atoms with van der Waals surface area (Å²) in [7, 11) is 1.82. The lowest BCUT2D eigenvalue weighted by atomic mass is 9.53. The van der Waals surface area contributed by atoms with Crippen molar-refractivity contribution < 1.29 is 9.53 Å². The van der Waals surface area contributed by atoms with Gasteiger partial charge in [-0.3, -0.25) is 4.79 Å². The molecule has 27 heavy (non-hydrogen) atoms. The number of ether oxygens (including phenoxy) is 1. The third-order valence-corrected chi connectivity index (χ3v) is 6.76. The molecule has 142 valence electrons. The fourth-order valence-electron chi connectivity index (χ4n) is 6.05. The van der Waals surface area contributed by atoms with Gasteiger partial charge < -0.3 is 10.1 Å². The topological polar surface area (TPSA) is 56.2 Å². The van der Waals surface area contributed by atoms with Crippen molar-refractivity contribution in [3.8, 4) is 5.88 Å². The number of carbonyl (C=O) groups excluding carboxylic acids is 1. The summed E-state index contributed by atoms with van der Waals surface area (Å²) in [5.41, 5.74) is 1.62. The minimum absolute atomic E-state index is 0.00161. The third-order valence-electron chi connectivity index (χ3n) is 6.76. The fourth-order valence-corrected chi connectivity index (χ4v) is 6.05. The first-order chi connectivity index (χ1) is 13.1. The molecule has 4 saturated carbocycles. The number of hydrogen-bond acceptors (Lipinski definition) is 3. The van der Waals surface area contributed by atoms with Crippen LogP contribution in [0.25, 0.3) is 0 Å². The van der Waals surface area contributed by atoms with Crippen molar-refractivity contribution in [2.75, 3.05) is 0 Å². The van der Waals surface area contributed by atoms with Gasteiger partial charge in [-0.05, 0) is 61.8 Å². The molecule has 0 spiro atoms. The summed E-state index contributed by atoms with van der Waals surface area (Å²) < 4.78 is 7.63. The highest BCUT2D eigenvalue weighted by atomic mass is 16.5. The molecule has 1 N–H and O–H groups in total. The van der Waals surface area contributed by atoms with Gasteiger partial charge in [-0.15, -0.1) is 0 Å². The largest absolute Gasteiger partial charge is 0.472 e. The highest BCUT2D eigenvalue weighted by Gasteiger charge is 2.51. The Morgan fingerprint density at radius 3 is 2.41 bits per heavy atom. The maximum Gasteiger partial charge on any atom is 0.258 e. The second-order valence-corrected chi connectivity index (χ2v) is 8.91. The number of nitrogens with one attached hydrogen (secondary N) is 1. The Morgan fingerprint density at radius 1 is 1.15 bits per heavy atom. The van der Waals surface area contributed by atoms with E-state index < -0.39 is 0 Å². The van der Waals surface area contributed by atoms with Crippen molar-refractivity contribution in [2.45, 2.75) is 50.7 Å². The quantitative estimate of drug-likeness (QED) is 0.879. The number of nitrogens with zero attached hydrogens (tertiary/aromatic N) is 2. The standard InChI is InChI=1S/C22H27N3O2/c1-25-21(27-14-15-5-3-2-4-6-15)19(13-23-25)20(26)24-22-10-16-7-17(11-22)9-18(8-16)12-22/h2-6,13,16-18H,7-12,14H2,1H3,(H,24,26). The van der Waals surface area contributed by atoms with Crippen molar-refractivity contribution in [1.29, 1.82) is 0 Å². The van der Waals surface area contributed by atoms with E-state index in [1.165, 1.54) is 19.3 Å².